The number of anilines is 1. The summed E-state index contributed by atoms with van der Waals surface area (Å²) in [6, 6.07) is 9.33. The summed E-state index contributed by atoms with van der Waals surface area (Å²) in [4.78, 5) is 26.6. The van der Waals surface area contributed by atoms with Gasteiger partial charge in [0.1, 0.15) is 0 Å². The zero-order valence-corrected chi connectivity index (χ0v) is 13.9. The van der Waals surface area contributed by atoms with Gasteiger partial charge < -0.3 is 21.3 Å². The highest BCUT2D eigenvalue weighted by Crippen LogP contribution is 2.32. The van der Waals surface area contributed by atoms with Gasteiger partial charge in [0.25, 0.3) is 0 Å². The molecule has 24 heavy (non-hydrogen) atoms. The molecular weight excluding hydrogens is 304 g/mol. The van der Waals surface area contributed by atoms with Gasteiger partial charge >= 0.3 is 6.03 Å². The molecule has 1 aromatic carbocycles. The number of amides is 3. The minimum Gasteiger partial charge on any atom is -0.352 e. The van der Waals surface area contributed by atoms with Gasteiger partial charge in [-0.3, -0.25) is 4.79 Å². The molecule has 1 aromatic rings. The van der Waals surface area contributed by atoms with Gasteiger partial charge in [-0.25, -0.2) is 4.79 Å². The third-order valence-corrected chi connectivity index (χ3v) is 4.88. The van der Waals surface area contributed by atoms with E-state index in [1.165, 1.54) is 0 Å². The van der Waals surface area contributed by atoms with Crippen molar-refractivity contribution in [3.63, 3.8) is 0 Å². The molecule has 0 aromatic heterocycles. The minimum atomic E-state index is -0.145. The summed E-state index contributed by atoms with van der Waals surface area (Å²) >= 11 is 0. The predicted molar refractivity (Wildman–Crippen MR) is 93.5 cm³/mol. The molecule has 0 spiro atoms. The number of likely N-dealkylation sites (tertiary alicyclic amines) is 1. The fourth-order valence-corrected chi connectivity index (χ4v) is 3.27. The van der Waals surface area contributed by atoms with Crippen LogP contribution in [0, 0.1) is 11.8 Å². The zero-order chi connectivity index (χ0) is 16.9. The van der Waals surface area contributed by atoms with E-state index in [2.05, 4.69) is 10.6 Å². The van der Waals surface area contributed by atoms with Crippen LogP contribution in [0.1, 0.15) is 25.7 Å². The van der Waals surface area contributed by atoms with E-state index >= 15 is 0 Å². The Bertz CT molecular complexity index is 574. The third kappa shape index (κ3) is 4.26. The number of carbonyl (C=O) groups is 2. The maximum Gasteiger partial charge on any atom is 0.321 e. The first-order valence-electron chi connectivity index (χ1n) is 8.79. The van der Waals surface area contributed by atoms with Crippen LogP contribution >= 0.6 is 0 Å². The Morgan fingerprint density at radius 1 is 1.21 bits per heavy atom. The number of carbonyl (C=O) groups excluding carboxylic acids is 2. The number of nitrogens with two attached hydrogens (primary N) is 1. The van der Waals surface area contributed by atoms with E-state index in [1.807, 2.05) is 30.3 Å². The maximum absolute atomic E-state index is 12.5. The molecule has 1 aliphatic heterocycles. The Morgan fingerprint density at radius 2 is 1.96 bits per heavy atom. The van der Waals surface area contributed by atoms with Crippen LogP contribution in [-0.4, -0.2) is 42.5 Å². The number of rotatable bonds is 5. The number of nitrogens with one attached hydrogen (secondary N) is 2. The second-order valence-corrected chi connectivity index (χ2v) is 6.77. The van der Waals surface area contributed by atoms with Gasteiger partial charge in [0, 0.05) is 31.4 Å². The average Bonchev–Trinajstić information content (AvgIpc) is 3.45. The fraction of sp³-hybridized carbons (Fsp3) is 0.556. The molecule has 2 aliphatic rings. The van der Waals surface area contributed by atoms with Crippen molar-refractivity contribution >= 4 is 17.6 Å². The molecule has 2 unspecified atom stereocenters. The second-order valence-electron chi connectivity index (χ2n) is 6.77. The van der Waals surface area contributed by atoms with E-state index in [9.17, 15) is 9.59 Å². The Hall–Kier alpha value is -2.08. The number of piperidine rings is 1. The van der Waals surface area contributed by atoms with Gasteiger partial charge in [0.05, 0.1) is 5.92 Å². The van der Waals surface area contributed by atoms with Crippen molar-refractivity contribution < 1.29 is 9.59 Å². The number of nitrogens with zero attached hydrogens (tertiary/aromatic N) is 1. The number of hydrogen-bond donors (Lipinski definition) is 3. The van der Waals surface area contributed by atoms with Gasteiger partial charge in [0.2, 0.25) is 5.91 Å². The molecule has 3 amide bonds. The molecule has 6 nitrogen and oxygen atoms in total. The van der Waals surface area contributed by atoms with Crippen LogP contribution in [0.3, 0.4) is 0 Å². The molecule has 2 fully saturated rings. The molecule has 0 radical (unpaired) electrons. The zero-order valence-electron chi connectivity index (χ0n) is 13.9. The summed E-state index contributed by atoms with van der Waals surface area (Å²) in [5, 5.41) is 5.97. The van der Waals surface area contributed by atoms with Crippen molar-refractivity contribution in [2.24, 2.45) is 17.6 Å². The summed E-state index contributed by atoms with van der Waals surface area (Å²) in [5.41, 5.74) is 6.53. The summed E-state index contributed by atoms with van der Waals surface area (Å²) in [7, 11) is 0. The van der Waals surface area contributed by atoms with E-state index in [-0.39, 0.29) is 23.9 Å². The molecule has 3 rings (SSSR count). The van der Waals surface area contributed by atoms with Crippen LogP contribution in [0.25, 0.3) is 0 Å². The molecule has 1 saturated carbocycles. The third-order valence-electron chi connectivity index (χ3n) is 4.88. The fourth-order valence-electron chi connectivity index (χ4n) is 3.27. The topological polar surface area (TPSA) is 87.5 Å². The van der Waals surface area contributed by atoms with Crippen LogP contribution in [0.15, 0.2) is 30.3 Å². The first-order valence-corrected chi connectivity index (χ1v) is 8.79. The van der Waals surface area contributed by atoms with Gasteiger partial charge in [-0.1, -0.05) is 18.2 Å². The molecule has 130 valence electrons. The van der Waals surface area contributed by atoms with E-state index in [4.69, 9.17) is 5.73 Å². The lowest BCUT2D eigenvalue weighted by Crippen LogP contribution is -2.50. The van der Waals surface area contributed by atoms with Gasteiger partial charge in [0.15, 0.2) is 0 Å². The number of urea groups is 1. The average molecular weight is 330 g/mol. The Balaban J connectivity index is 1.53. The van der Waals surface area contributed by atoms with Gasteiger partial charge in [-0.15, -0.1) is 0 Å². The molecule has 2 atom stereocenters. The first-order chi connectivity index (χ1) is 11.7. The highest BCUT2D eigenvalue weighted by Gasteiger charge is 2.34. The monoisotopic (exact) mass is 330 g/mol. The van der Waals surface area contributed by atoms with Crippen molar-refractivity contribution in [3.05, 3.63) is 30.3 Å². The van der Waals surface area contributed by atoms with Crippen LogP contribution in [0.2, 0.25) is 0 Å². The highest BCUT2D eigenvalue weighted by molar-refractivity contribution is 5.90. The number of hydrogen-bond acceptors (Lipinski definition) is 3. The Labute approximate surface area is 142 Å². The normalized spacial score (nSPS) is 21.9. The first kappa shape index (κ1) is 16.8. The van der Waals surface area contributed by atoms with Crippen LogP contribution < -0.4 is 16.4 Å². The van der Waals surface area contributed by atoms with E-state index in [0.29, 0.717) is 25.6 Å². The van der Waals surface area contributed by atoms with Gasteiger partial charge in [-0.2, -0.15) is 0 Å². The lowest BCUT2D eigenvalue weighted by molar-refractivity contribution is -0.127. The lowest BCUT2D eigenvalue weighted by Gasteiger charge is -2.33. The minimum absolute atomic E-state index is 0.0366. The number of para-hydroxylation sites is 1. The van der Waals surface area contributed by atoms with Crippen molar-refractivity contribution in [2.45, 2.75) is 31.7 Å². The quantitative estimate of drug-likeness (QED) is 0.769. The van der Waals surface area contributed by atoms with Crippen molar-refractivity contribution in [1.29, 1.82) is 0 Å². The van der Waals surface area contributed by atoms with Crippen molar-refractivity contribution in [1.82, 2.24) is 10.2 Å². The summed E-state index contributed by atoms with van der Waals surface area (Å²) in [6.45, 7) is 1.64. The van der Waals surface area contributed by atoms with E-state index in [1.54, 1.807) is 4.90 Å². The molecular formula is C18H26N4O2. The summed E-state index contributed by atoms with van der Waals surface area (Å²) in [6.07, 6.45) is 3.97. The summed E-state index contributed by atoms with van der Waals surface area (Å²) < 4.78 is 0. The molecule has 1 heterocycles. The molecule has 1 saturated heterocycles. The van der Waals surface area contributed by atoms with E-state index < -0.39 is 0 Å². The predicted octanol–water partition coefficient (Wildman–Crippen LogP) is 1.78. The molecule has 6 heteroatoms. The van der Waals surface area contributed by atoms with E-state index in [0.717, 1.165) is 31.4 Å². The highest BCUT2D eigenvalue weighted by atomic mass is 16.2. The maximum atomic E-state index is 12.5. The standard InChI is InChI=1S/C18H26N4O2/c19-11-16(13-8-9-13)21-17(23)14-5-4-10-22(12-14)18(24)20-15-6-2-1-3-7-15/h1-3,6-7,13-14,16H,4-5,8-12,19H2,(H,20,24)(H,21,23). The van der Waals surface area contributed by atoms with Gasteiger partial charge in [-0.05, 0) is 43.7 Å². The summed E-state index contributed by atoms with van der Waals surface area (Å²) in [5.74, 6) is 0.433. The van der Waals surface area contributed by atoms with Crippen LogP contribution in [0.5, 0.6) is 0 Å². The second kappa shape index (κ2) is 7.66. The van der Waals surface area contributed by atoms with Crippen molar-refractivity contribution in [3.8, 4) is 0 Å². The van der Waals surface area contributed by atoms with Crippen molar-refractivity contribution in [2.75, 3.05) is 25.0 Å². The molecule has 4 N–H and O–H groups in total. The molecule has 1 aliphatic carbocycles. The largest absolute Gasteiger partial charge is 0.352 e. The smallest absolute Gasteiger partial charge is 0.321 e. The Kier molecular flexibility index (Phi) is 5.35. The van der Waals surface area contributed by atoms with Crippen LogP contribution in [0.4, 0.5) is 10.5 Å². The SMILES string of the molecule is NCC(NC(=O)C1CCCN(C(=O)Nc2ccccc2)C1)C1CC1. The number of benzene rings is 1. The lowest BCUT2D eigenvalue weighted by atomic mass is 9.96. The Morgan fingerprint density at radius 3 is 2.62 bits per heavy atom. The molecule has 0 bridgehead atoms. The van der Waals surface area contributed by atoms with Crippen LogP contribution in [-0.2, 0) is 4.79 Å².